The minimum Gasteiger partial charge on any atom is -0.402 e. The number of hydrogen-bond donors (Lipinski definition) is 0. The topological polar surface area (TPSA) is 87.3 Å². The summed E-state index contributed by atoms with van der Waals surface area (Å²) in [4.78, 5) is 25.3. The van der Waals surface area contributed by atoms with E-state index in [1.54, 1.807) is 6.07 Å². The van der Waals surface area contributed by atoms with Crippen LogP contribution >= 0.6 is 11.8 Å². The van der Waals surface area contributed by atoms with E-state index in [1.807, 2.05) is 67.6 Å². The van der Waals surface area contributed by atoms with Gasteiger partial charge in [-0.1, -0.05) is 60.3 Å². The van der Waals surface area contributed by atoms with Crippen LogP contribution in [0.4, 0.5) is 5.69 Å². The van der Waals surface area contributed by atoms with E-state index >= 15 is 0 Å². The Bertz CT molecular complexity index is 1240. The molecule has 31 heavy (non-hydrogen) atoms. The summed E-state index contributed by atoms with van der Waals surface area (Å²) in [6.45, 7) is 1.83. The van der Waals surface area contributed by atoms with Crippen LogP contribution in [0.25, 0.3) is 5.69 Å². The molecule has 0 radical (unpaired) electrons. The molecule has 1 heterocycles. The van der Waals surface area contributed by atoms with Gasteiger partial charge in [-0.05, 0) is 37.3 Å². The van der Waals surface area contributed by atoms with Crippen molar-refractivity contribution in [1.29, 1.82) is 0 Å². The van der Waals surface area contributed by atoms with Crippen molar-refractivity contribution in [2.24, 2.45) is 0 Å². The Kier molecular flexibility index (Phi) is 5.81. The van der Waals surface area contributed by atoms with Crippen LogP contribution in [0.3, 0.4) is 0 Å². The fourth-order valence-corrected chi connectivity index (χ4v) is 3.93. The number of aromatic nitrogens is 2. The van der Waals surface area contributed by atoms with E-state index in [2.05, 4.69) is 5.10 Å². The molecule has 8 heteroatoms. The van der Waals surface area contributed by atoms with E-state index in [4.69, 9.17) is 4.74 Å². The van der Waals surface area contributed by atoms with Gasteiger partial charge < -0.3 is 4.74 Å². The average Bonchev–Trinajstić information content (AvgIpc) is 3.10. The van der Waals surface area contributed by atoms with E-state index < -0.39 is 10.9 Å². The van der Waals surface area contributed by atoms with Gasteiger partial charge in [0.25, 0.3) is 5.69 Å². The largest absolute Gasteiger partial charge is 0.402 e. The first-order valence-electron chi connectivity index (χ1n) is 9.38. The fraction of sp³-hybridized carbons (Fsp3) is 0.0435. The molecule has 0 atom stereocenters. The van der Waals surface area contributed by atoms with Crippen LogP contribution in [0.5, 0.6) is 5.88 Å². The van der Waals surface area contributed by atoms with Crippen molar-refractivity contribution < 1.29 is 14.5 Å². The molecule has 0 saturated heterocycles. The second-order valence-electron chi connectivity index (χ2n) is 6.55. The van der Waals surface area contributed by atoms with Crippen LogP contribution in [-0.4, -0.2) is 20.7 Å². The van der Waals surface area contributed by atoms with E-state index in [1.165, 1.54) is 34.6 Å². The van der Waals surface area contributed by atoms with Gasteiger partial charge >= 0.3 is 5.97 Å². The molecular formula is C23H17N3O4S. The second kappa shape index (κ2) is 8.85. The average molecular weight is 431 g/mol. The summed E-state index contributed by atoms with van der Waals surface area (Å²) in [6, 6.07) is 24.6. The standard InChI is InChI=1S/C23H17N3O4S/c1-16-21(31-18-12-6-3-7-13-18)22(25(24-16)17-10-4-2-5-11-17)30-23(27)19-14-8-9-15-20(19)26(28)29/h2-15H,1H3. The van der Waals surface area contributed by atoms with Gasteiger partial charge in [-0.25, -0.2) is 4.79 Å². The maximum Gasteiger partial charge on any atom is 0.351 e. The Morgan fingerprint density at radius 1 is 0.968 bits per heavy atom. The number of carbonyl (C=O) groups is 1. The quantitative estimate of drug-likeness (QED) is 0.229. The van der Waals surface area contributed by atoms with Crippen LogP contribution in [0.1, 0.15) is 16.1 Å². The number of esters is 1. The molecule has 1 aromatic heterocycles. The highest BCUT2D eigenvalue weighted by molar-refractivity contribution is 7.99. The molecule has 0 saturated carbocycles. The number of para-hydroxylation sites is 2. The van der Waals surface area contributed by atoms with Gasteiger partial charge in [0, 0.05) is 11.0 Å². The van der Waals surface area contributed by atoms with E-state index in [9.17, 15) is 14.9 Å². The predicted molar refractivity (Wildman–Crippen MR) is 117 cm³/mol. The van der Waals surface area contributed by atoms with E-state index in [-0.39, 0.29) is 17.1 Å². The van der Waals surface area contributed by atoms with Crippen molar-refractivity contribution in [2.75, 3.05) is 0 Å². The van der Waals surface area contributed by atoms with Crippen molar-refractivity contribution >= 4 is 23.4 Å². The Morgan fingerprint density at radius 3 is 2.26 bits per heavy atom. The zero-order valence-electron chi connectivity index (χ0n) is 16.5. The van der Waals surface area contributed by atoms with Gasteiger partial charge in [-0.15, -0.1) is 0 Å². The summed E-state index contributed by atoms with van der Waals surface area (Å²) in [6.07, 6.45) is 0. The number of rotatable bonds is 6. The van der Waals surface area contributed by atoms with Crippen LogP contribution in [0.15, 0.2) is 94.7 Å². The molecule has 7 nitrogen and oxygen atoms in total. The molecule has 4 rings (SSSR count). The Labute approximate surface area is 182 Å². The third kappa shape index (κ3) is 4.34. The highest BCUT2D eigenvalue weighted by atomic mass is 32.2. The fourth-order valence-electron chi connectivity index (χ4n) is 3.00. The molecule has 4 aromatic rings. The number of hydrogen-bond acceptors (Lipinski definition) is 6. The highest BCUT2D eigenvalue weighted by Crippen LogP contribution is 2.39. The zero-order chi connectivity index (χ0) is 21.8. The molecule has 154 valence electrons. The van der Waals surface area contributed by atoms with Crippen molar-refractivity contribution in [1.82, 2.24) is 9.78 Å². The molecule has 0 spiro atoms. The Morgan fingerprint density at radius 2 is 1.58 bits per heavy atom. The third-order valence-corrected chi connectivity index (χ3v) is 5.62. The summed E-state index contributed by atoms with van der Waals surface area (Å²) >= 11 is 1.41. The lowest BCUT2D eigenvalue weighted by molar-refractivity contribution is -0.385. The van der Waals surface area contributed by atoms with Gasteiger partial charge in [0.1, 0.15) is 5.56 Å². The summed E-state index contributed by atoms with van der Waals surface area (Å²) in [5, 5.41) is 15.9. The molecular weight excluding hydrogens is 414 g/mol. The van der Waals surface area contributed by atoms with Crippen molar-refractivity contribution in [3.63, 3.8) is 0 Å². The molecule has 0 amide bonds. The van der Waals surface area contributed by atoms with Crippen LogP contribution < -0.4 is 4.74 Å². The molecule has 0 N–H and O–H groups in total. The minimum absolute atomic E-state index is 0.123. The molecule has 3 aromatic carbocycles. The van der Waals surface area contributed by atoms with E-state index in [0.717, 1.165) is 4.90 Å². The molecule has 0 aliphatic carbocycles. The Hall–Kier alpha value is -3.91. The summed E-state index contributed by atoms with van der Waals surface area (Å²) < 4.78 is 7.27. The van der Waals surface area contributed by atoms with Crippen molar-refractivity contribution in [3.05, 3.63) is 106 Å². The number of nitro benzene ring substituents is 1. The van der Waals surface area contributed by atoms with Gasteiger partial charge in [-0.2, -0.15) is 9.78 Å². The molecule has 0 bridgehead atoms. The number of ether oxygens (including phenoxy) is 1. The SMILES string of the molecule is Cc1nn(-c2ccccc2)c(OC(=O)c2ccccc2[N+](=O)[O-])c1Sc1ccccc1. The number of carbonyl (C=O) groups excluding carboxylic acids is 1. The third-order valence-electron chi connectivity index (χ3n) is 4.44. The summed E-state index contributed by atoms with van der Waals surface area (Å²) in [5.41, 5.74) is 0.938. The normalized spacial score (nSPS) is 10.6. The summed E-state index contributed by atoms with van der Waals surface area (Å²) in [5.74, 6) is -0.611. The monoisotopic (exact) mass is 431 g/mol. The van der Waals surface area contributed by atoms with Crippen LogP contribution in [0, 0.1) is 17.0 Å². The number of nitrogens with zero attached hydrogens (tertiary/aromatic N) is 3. The second-order valence-corrected chi connectivity index (χ2v) is 7.63. The van der Waals surface area contributed by atoms with Crippen LogP contribution in [0.2, 0.25) is 0 Å². The first kappa shape index (κ1) is 20.4. The van der Waals surface area contributed by atoms with Crippen LogP contribution in [-0.2, 0) is 0 Å². The predicted octanol–water partition coefficient (Wildman–Crippen LogP) is 5.46. The first-order valence-corrected chi connectivity index (χ1v) is 10.2. The number of benzene rings is 3. The highest BCUT2D eigenvalue weighted by Gasteiger charge is 2.26. The van der Waals surface area contributed by atoms with Gasteiger partial charge in [-0.3, -0.25) is 10.1 Å². The minimum atomic E-state index is -0.820. The van der Waals surface area contributed by atoms with E-state index in [0.29, 0.717) is 16.3 Å². The maximum atomic E-state index is 13.0. The van der Waals surface area contributed by atoms with Gasteiger partial charge in [0.05, 0.1) is 21.2 Å². The first-order chi connectivity index (χ1) is 15.0. The number of aryl methyl sites for hydroxylation is 1. The zero-order valence-corrected chi connectivity index (χ0v) is 17.3. The maximum absolute atomic E-state index is 13.0. The molecule has 0 fully saturated rings. The van der Waals surface area contributed by atoms with Gasteiger partial charge in [0.15, 0.2) is 0 Å². The molecule has 0 unspecified atom stereocenters. The lowest BCUT2D eigenvalue weighted by Crippen LogP contribution is -2.14. The smallest absolute Gasteiger partial charge is 0.351 e. The Balaban J connectivity index is 1.79. The summed E-state index contributed by atoms with van der Waals surface area (Å²) in [7, 11) is 0. The van der Waals surface area contributed by atoms with Gasteiger partial charge in [0.2, 0.25) is 5.88 Å². The lowest BCUT2D eigenvalue weighted by Gasteiger charge is -2.10. The van der Waals surface area contributed by atoms with Crippen molar-refractivity contribution in [3.8, 4) is 11.6 Å². The van der Waals surface area contributed by atoms with Crippen molar-refractivity contribution in [2.45, 2.75) is 16.7 Å². The number of nitro groups is 1. The molecule has 0 aliphatic heterocycles. The molecule has 0 aliphatic rings. The lowest BCUT2D eigenvalue weighted by atomic mass is 10.2.